The molecule has 0 aliphatic heterocycles. The van der Waals surface area contributed by atoms with Gasteiger partial charge in [-0.25, -0.2) is 13.8 Å². The Balaban J connectivity index is 1.81. The molecule has 1 N–H and O–H groups in total. The molecule has 3 aromatic rings. The van der Waals surface area contributed by atoms with E-state index in [-0.39, 0.29) is 4.90 Å². The molecule has 0 spiro atoms. The van der Waals surface area contributed by atoms with Gasteiger partial charge in [0.25, 0.3) is 15.9 Å². The Morgan fingerprint density at radius 1 is 1.00 bits per heavy atom. The highest BCUT2D eigenvalue weighted by molar-refractivity contribution is 7.92. The summed E-state index contributed by atoms with van der Waals surface area (Å²) >= 11 is 0. The number of nitrogens with one attached hydrogen (secondary N) is 1. The summed E-state index contributed by atoms with van der Waals surface area (Å²) in [6.45, 7) is 1.45. The Hall–Kier alpha value is -3.85. The Kier molecular flexibility index (Phi) is 7.68. The second-order valence-electron chi connectivity index (χ2n) is 7.06. The molecule has 0 aromatic heterocycles. The minimum absolute atomic E-state index is 0.0878. The van der Waals surface area contributed by atoms with Crippen molar-refractivity contribution < 1.29 is 22.7 Å². The lowest BCUT2D eigenvalue weighted by atomic mass is 10.2. The zero-order valence-corrected chi connectivity index (χ0v) is 19.4. The molecule has 0 fully saturated rings. The number of amides is 1. The molecule has 8 nitrogen and oxygen atoms in total. The third kappa shape index (κ3) is 5.89. The minimum Gasteiger partial charge on any atom is -0.497 e. The molecule has 9 heteroatoms. The van der Waals surface area contributed by atoms with Crippen molar-refractivity contribution in [3.05, 3.63) is 83.9 Å². The van der Waals surface area contributed by atoms with Gasteiger partial charge in [-0.2, -0.15) is 5.10 Å². The van der Waals surface area contributed by atoms with E-state index in [0.717, 1.165) is 9.87 Å². The fraction of sp³-hybridized carbons (Fsp3) is 0.167. The van der Waals surface area contributed by atoms with E-state index in [1.54, 1.807) is 67.8 Å². The van der Waals surface area contributed by atoms with E-state index < -0.39 is 22.5 Å². The van der Waals surface area contributed by atoms with Crippen LogP contribution in [0, 0.1) is 6.92 Å². The summed E-state index contributed by atoms with van der Waals surface area (Å²) < 4.78 is 38.1. The maximum atomic E-state index is 13.3. The van der Waals surface area contributed by atoms with Gasteiger partial charge in [-0.05, 0) is 43.3 Å². The van der Waals surface area contributed by atoms with Gasteiger partial charge in [0.15, 0.2) is 0 Å². The molecule has 0 saturated carbocycles. The normalized spacial score (nSPS) is 11.2. The first-order chi connectivity index (χ1) is 15.8. The summed E-state index contributed by atoms with van der Waals surface area (Å²) in [5.74, 6) is 0.534. The number of rotatable bonds is 9. The van der Waals surface area contributed by atoms with E-state index in [1.807, 2.05) is 6.92 Å². The number of ether oxygens (including phenoxy) is 2. The number of benzene rings is 3. The highest BCUT2D eigenvalue weighted by atomic mass is 32.2. The van der Waals surface area contributed by atoms with Crippen molar-refractivity contribution in [1.29, 1.82) is 0 Å². The summed E-state index contributed by atoms with van der Waals surface area (Å²) in [5, 5.41) is 3.95. The molecule has 172 valence electrons. The van der Waals surface area contributed by atoms with Crippen LogP contribution < -0.4 is 19.2 Å². The standard InChI is InChI=1S/C24H25N3O5S/c1-18-9-12-20(13-10-18)27(33(29,30)22-7-5-4-6-8-22)17-24(28)26-25-16-19-11-14-21(31-2)15-23(19)32-3/h4-16H,17H2,1-3H3,(H,26,28)/b25-16+. The molecule has 1 amide bonds. The molecule has 0 radical (unpaired) electrons. The van der Waals surface area contributed by atoms with Crippen LogP contribution in [0.3, 0.4) is 0 Å². The molecule has 3 rings (SSSR count). The maximum Gasteiger partial charge on any atom is 0.264 e. The van der Waals surface area contributed by atoms with Gasteiger partial charge in [-0.1, -0.05) is 35.9 Å². The minimum atomic E-state index is -3.97. The number of hydrogen-bond donors (Lipinski definition) is 1. The summed E-state index contributed by atoms with van der Waals surface area (Å²) in [5.41, 5.74) is 4.35. The van der Waals surface area contributed by atoms with Gasteiger partial charge in [-0.15, -0.1) is 0 Å². The number of anilines is 1. The van der Waals surface area contributed by atoms with Crippen LogP contribution >= 0.6 is 0 Å². The Labute approximate surface area is 193 Å². The van der Waals surface area contributed by atoms with E-state index in [0.29, 0.717) is 22.7 Å². The van der Waals surface area contributed by atoms with Crippen LogP contribution in [0.2, 0.25) is 0 Å². The van der Waals surface area contributed by atoms with Gasteiger partial charge in [0.05, 0.1) is 31.0 Å². The molecule has 33 heavy (non-hydrogen) atoms. The molecule has 0 saturated heterocycles. The zero-order chi connectivity index (χ0) is 23.8. The van der Waals surface area contributed by atoms with Gasteiger partial charge in [0, 0.05) is 11.6 Å². The Bertz CT molecular complexity index is 1230. The number of carbonyl (C=O) groups is 1. The Morgan fingerprint density at radius 2 is 1.70 bits per heavy atom. The van der Waals surface area contributed by atoms with Gasteiger partial charge in [0.2, 0.25) is 0 Å². The second kappa shape index (κ2) is 10.6. The summed E-state index contributed by atoms with van der Waals surface area (Å²) in [6, 6.07) is 20.0. The van der Waals surface area contributed by atoms with Gasteiger partial charge >= 0.3 is 0 Å². The number of aryl methyl sites for hydroxylation is 1. The van der Waals surface area contributed by atoms with Crippen molar-refractivity contribution in [2.45, 2.75) is 11.8 Å². The van der Waals surface area contributed by atoms with E-state index in [9.17, 15) is 13.2 Å². The highest BCUT2D eigenvalue weighted by Crippen LogP contribution is 2.24. The lowest BCUT2D eigenvalue weighted by molar-refractivity contribution is -0.119. The molecule has 3 aromatic carbocycles. The summed E-state index contributed by atoms with van der Waals surface area (Å²) in [7, 11) is -0.911. The van der Waals surface area contributed by atoms with Gasteiger partial charge < -0.3 is 9.47 Å². The van der Waals surface area contributed by atoms with Crippen molar-refractivity contribution in [3.8, 4) is 11.5 Å². The predicted molar refractivity (Wildman–Crippen MR) is 127 cm³/mol. The number of hydrogen-bond acceptors (Lipinski definition) is 6. The SMILES string of the molecule is COc1ccc(/C=N/NC(=O)CN(c2ccc(C)cc2)S(=O)(=O)c2ccccc2)c(OC)c1. The van der Waals surface area contributed by atoms with Crippen LogP contribution in [-0.2, 0) is 14.8 Å². The third-order valence-corrected chi connectivity index (χ3v) is 6.56. The van der Waals surface area contributed by atoms with Crippen LogP contribution in [0.5, 0.6) is 11.5 Å². The van der Waals surface area contributed by atoms with E-state index in [1.165, 1.54) is 25.5 Å². The Morgan fingerprint density at radius 3 is 2.33 bits per heavy atom. The van der Waals surface area contributed by atoms with Gasteiger partial charge in [0.1, 0.15) is 18.0 Å². The summed E-state index contributed by atoms with van der Waals surface area (Å²) in [6.07, 6.45) is 1.41. The smallest absolute Gasteiger partial charge is 0.264 e. The topological polar surface area (TPSA) is 97.3 Å². The number of carbonyl (C=O) groups excluding carboxylic acids is 1. The first-order valence-electron chi connectivity index (χ1n) is 10.0. The van der Waals surface area contributed by atoms with Crippen LogP contribution in [0.15, 0.2) is 82.8 Å². The highest BCUT2D eigenvalue weighted by Gasteiger charge is 2.27. The lowest BCUT2D eigenvalue weighted by Crippen LogP contribution is -2.39. The largest absolute Gasteiger partial charge is 0.497 e. The van der Waals surface area contributed by atoms with Crippen LogP contribution in [-0.4, -0.2) is 41.3 Å². The van der Waals surface area contributed by atoms with Gasteiger partial charge in [-0.3, -0.25) is 9.10 Å². The van der Waals surface area contributed by atoms with E-state index in [2.05, 4.69) is 10.5 Å². The van der Waals surface area contributed by atoms with Crippen LogP contribution in [0.25, 0.3) is 0 Å². The molecule has 0 unspecified atom stereocenters. The fourth-order valence-electron chi connectivity index (χ4n) is 3.01. The number of sulfonamides is 1. The first-order valence-corrected chi connectivity index (χ1v) is 11.5. The van der Waals surface area contributed by atoms with Crippen molar-refractivity contribution >= 4 is 27.8 Å². The van der Waals surface area contributed by atoms with Crippen LogP contribution in [0.1, 0.15) is 11.1 Å². The monoisotopic (exact) mass is 467 g/mol. The lowest BCUT2D eigenvalue weighted by Gasteiger charge is -2.23. The predicted octanol–water partition coefficient (Wildman–Crippen LogP) is 3.36. The fourth-order valence-corrected chi connectivity index (χ4v) is 4.45. The van der Waals surface area contributed by atoms with Crippen molar-refractivity contribution in [2.24, 2.45) is 5.10 Å². The molecule has 0 bridgehead atoms. The molecule has 0 aliphatic rings. The number of nitrogens with zero attached hydrogens (tertiary/aromatic N) is 2. The third-order valence-electron chi connectivity index (χ3n) is 4.77. The average Bonchev–Trinajstić information content (AvgIpc) is 2.83. The molecular formula is C24H25N3O5S. The quantitative estimate of drug-likeness (QED) is 0.384. The van der Waals surface area contributed by atoms with Crippen molar-refractivity contribution in [1.82, 2.24) is 5.43 Å². The number of methoxy groups -OCH3 is 2. The molecule has 0 atom stereocenters. The second-order valence-corrected chi connectivity index (χ2v) is 8.92. The number of hydrazone groups is 1. The van der Waals surface area contributed by atoms with E-state index in [4.69, 9.17) is 9.47 Å². The first kappa shape index (κ1) is 23.8. The molecule has 0 heterocycles. The molecular weight excluding hydrogens is 442 g/mol. The molecule has 0 aliphatic carbocycles. The summed E-state index contributed by atoms with van der Waals surface area (Å²) in [4.78, 5) is 12.7. The van der Waals surface area contributed by atoms with Crippen molar-refractivity contribution in [3.63, 3.8) is 0 Å². The maximum absolute atomic E-state index is 13.3. The zero-order valence-electron chi connectivity index (χ0n) is 18.6. The average molecular weight is 468 g/mol. The van der Waals surface area contributed by atoms with E-state index >= 15 is 0 Å². The van der Waals surface area contributed by atoms with Crippen LogP contribution in [0.4, 0.5) is 5.69 Å². The van der Waals surface area contributed by atoms with Crippen molar-refractivity contribution in [2.75, 3.05) is 25.1 Å².